The first kappa shape index (κ1) is 13.8. The van der Waals surface area contributed by atoms with Crippen LogP contribution < -0.4 is 10.6 Å². The van der Waals surface area contributed by atoms with Crippen molar-refractivity contribution in [2.24, 2.45) is 0 Å². The van der Waals surface area contributed by atoms with Crippen LogP contribution in [0.1, 0.15) is 26.2 Å². The van der Waals surface area contributed by atoms with E-state index in [9.17, 15) is 4.79 Å². The summed E-state index contributed by atoms with van der Waals surface area (Å²) in [5, 5.41) is 6.41. The molecule has 0 saturated carbocycles. The van der Waals surface area contributed by atoms with Crippen LogP contribution in [-0.4, -0.2) is 62.3 Å². The van der Waals surface area contributed by atoms with Crippen molar-refractivity contribution in [2.75, 3.05) is 39.4 Å². The summed E-state index contributed by atoms with van der Waals surface area (Å²) in [6.45, 7) is 7.08. The molecular formula is C13H25N3O2. The van der Waals surface area contributed by atoms with Gasteiger partial charge in [0, 0.05) is 25.7 Å². The molecule has 0 aromatic heterocycles. The minimum atomic E-state index is -0.102. The van der Waals surface area contributed by atoms with Gasteiger partial charge in [-0.15, -0.1) is 0 Å². The molecule has 0 radical (unpaired) electrons. The summed E-state index contributed by atoms with van der Waals surface area (Å²) in [4.78, 5) is 14.5. The molecule has 5 heteroatoms. The molecule has 0 bridgehead atoms. The first-order chi connectivity index (χ1) is 8.83. The Balaban J connectivity index is 1.93. The van der Waals surface area contributed by atoms with Gasteiger partial charge in [0.1, 0.15) is 6.04 Å². The predicted octanol–water partition coefficient (Wildman–Crippen LogP) is -0.0346. The number of amides is 1. The Morgan fingerprint density at radius 1 is 1.56 bits per heavy atom. The lowest BCUT2D eigenvalue weighted by molar-refractivity contribution is -0.134. The highest BCUT2D eigenvalue weighted by Crippen LogP contribution is 2.17. The van der Waals surface area contributed by atoms with Gasteiger partial charge < -0.3 is 15.4 Å². The molecule has 2 aliphatic rings. The van der Waals surface area contributed by atoms with Crippen LogP contribution in [0, 0.1) is 0 Å². The molecular weight excluding hydrogens is 230 g/mol. The zero-order valence-electron chi connectivity index (χ0n) is 11.3. The fourth-order valence-electron chi connectivity index (χ4n) is 2.76. The molecule has 1 amide bonds. The van der Waals surface area contributed by atoms with Crippen molar-refractivity contribution >= 4 is 5.91 Å². The van der Waals surface area contributed by atoms with Crippen LogP contribution in [-0.2, 0) is 9.53 Å². The van der Waals surface area contributed by atoms with Gasteiger partial charge in [0.25, 0.3) is 0 Å². The summed E-state index contributed by atoms with van der Waals surface area (Å²) in [7, 11) is 0. The van der Waals surface area contributed by atoms with Gasteiger partial charge in [0.15, 0.2) is 0 Å². The van der Waals surface area contributed by atoms with E-state index >= 15 is 0 Å². The van der Waals surface area contributed by atoms with Crippen LogP contribution in [0.5, 0.6) is 0 Å². The third-order valence-electron chi connectivity index (χ3n) is 3.76. The number of rotatable bonds is 4. The summed E-state index contributed by atoms with van der Waals surface area (Å²) in [5.74, 6) is 0.127. The lowest BCUT2D eigenvalue weighted by atomic mass is 10.0. The first-order valence-electron chi connectivity index (χ1n) is 7.15. The number of piperidine rings is 1. The molecule has 2 atom stereocenters. The molecule has 2 saturated heterocycles. The molecule has 2 heterocycles. The van der Waals surface area contributed by atoms with E-state index in [2.05, 4.69) is 22.5 Å². The maximum atomic E-state index is 12.2. The Morgan fingerprint density at radius 3 is 3.17 bits per heavy atom. The topological polar surface area (TPSA) is 53.6 Å². The van der Waals surface area contributed by atoms with E-state index in [0.717, 1.165) is 39.2 Å². The van der Waals surface area contributed by atoms with Crippen LogP contribution in [0.25, 0.3) is 0 Å². The second kappa shape index (κ2) is 7.07. The Labute approximate surface area is 109 Å². The van der Waals surface area contributed by atoms with Gasteiger partial charge in [-0.25, -0.2) is 0 Å². The zero-order valence-corrected chi connectivity index (χ0v) is 11.3. The fourth-order valence-corrected chi connectivity index (χ4v) is 2.76. The second-order valence-corrected chi connectivity index (χ2v) is 5.12. The monoisotopic (exact) mass is 255 g/mol. The van der Waals surface area contributed by atoms with Gasteiger partial charge in [-0.3, -0.25) is 9.69 Å². The number of carbonyl (C=O) groups is 1. The van der Waals surface area contributed by atoms with Gasteiger partial charge in [0.2, 0.25) is 5.91 Å². The number of hydrogen-bond donors (Lipinski definition) is 2. The Kier molecular flexibility index (Phi) is 5.41. The van der Waals surface area contributed by atoms with E-state index in [0.29, 0.717) is 12.6 Å². The van der Waals surface area contributed by atoms with Crippen LogP contribution in [0.3, 0.4) is 0 Å². The van der Waals surface area contributed by atoms with Crippen molar-refractivity contribution in [1.82, 2.24) is 15.5 Å². The Bertz CT molecular complexity index is 267. The minimum Gasteiger partial charge on any atom is -0.378 e. The van der Waals surface area contributed by atoms with Crippen molar-refractivity contribution in [1.29, 1.82) is 0 Å². The first-order valence-corrected chi connectivity index (χ1v) is 7.15. The van der Waals surface area contributed by atoms with E-state index in [4.69, 9.17) is 4.74 Å². The molecule has 0 spiro atoms. The standard InChI is InChI=1S/C13H25N3O2/c1-2-5-15-13(17)12-10-18-8-7-16(12)11-4-3-6-14-9-11/h11-12,14H,2-10H2,1H3,(H,15,17). The normalized spacial score (nSPS) is 30.1. The molecule has 2 aliphatic heterocycles. The van der Waals surface area contributed by atoms with E-state index in [1.807, 2.05) is 0 Å². The number of ether oxygens (including phenoxy) is 1. The number of nitrogens with one attached hydrogen (secondary N) is 2. The molecule has 5 nitrogen and oxygen atoms in total. The maximum Gasteiger partial charge on any atom is 0.239 e. The average Bonchev–Trinajstić information content (AvgIpc) is 2.45. The molecule has 18 heavy (non-hydrogen) atoms. The molecule has 0 aromatic rings. The minimum absolute atomic E-state index is 0.102. The van der Waals surface area contributed by atoms with Crippen LogP contribution >= 0.6 is 0 Å². The van der Waals surface area contributed by atoms with Crippen molar-refractivity contribution < 1.29 is 9.53 Å². The molecule has 2 fully saturated rings. The van der Waals surface area contributed by atoms with Crippen molar-refractivity contribution in [3.05, 3.63) is 0 Å². The fraction of sp³-hybridized carbons (Fsp3) is 0.923. The average molecular weight is 255 g/mol. The van der Waals surface area contributed by atoms with E-state index in [1.165, 1.54) is 12.8 Å². The predicted molar refractivity (Wildman–Crippen MR) is 70.5 cm³/mol. The SMILES string of the molecule is CCCNC(=O)C1COCCN1C1CCCNC1. The van der Waals surface area contributed by atoms with Crippen molar-refractivity contribution in [2.45, 2.75) is 38.3 Å². The summed E-state index contributed by atoms with van der Waals surface area (Å²) in [6.07, 6.45) is 3.36. The number of morpholine rings is 1. The molecule has 2 rings (SSSR count). The quantitative estimate of drug-likeness (QED) is 0.740. The van der Waals surface area contributed by atoms with Crippen LogP contribution in [0.15, 0.2) is 0 Å². The van der Waals surface area contributed by atoms with Crippen LogP contribution in [0.2, 0.25) is 0 Å². The smallest absolute Gasteiger partial charge is 0.239 e. The lowest BCUT2D eigenvalue weighted by Crippen LogP contribution is -2.60. The highest BCUT2D eigenvalue weighted by atomic mass is 16.5. The zero-order chi connectivity index (χ0) is 12.8. The Morgan fingerprint density at radius 2 is 2.44 bits per heavy atom. The van der Waals surface area contributed by atoms with Crippen LogP contribution in [0.4, 0.5) is 0 Å². The summed E-state index contributed by atoms with van der Waals surface area (Å²) < 4.78 is 5.48. The van der Waals surface area contributed by atoms with E-state index in [1.54, 1.807) is 0 Å². The van der Waals surface area contributed by atoms with Crippen molar-refractivity contribution in [3.8, 4) is 0 Å². The van der Waals surface area contributed by atoms with Gasteiger partial charge in [-0.1, -0.05) is 6.92 Å². The summed E-state index contributed by atoms with van der Waals surface area (Å²) in [6, 6.07) is 0.384. The third-order valence-corrected chi connectivity index (χ3v) is 3.76. The summed E-state index contributed by atoms with van der Waals surface area (Å²) >= 11 is 0. The number of hydrogen-bond acceptors (Lipinski definition) is 4. The highest BCUT2D eigenvalue weighted by Gasteiger charge is 2.34. The highest BCUT2D eigenvalue weighted by molar-refractivity contribution is 5.82. The number of nitrogens with zero attached hydrogens (tertiary/aromatic N) is 1. The van der Waals surface area contributed by atoms with Crippen molar-refractivity contribution in [3.63, 3.8) is 0 Å². The van der Waals surface area contributed by atoms with Gasteiger partial charge in [-0.2, -0.15) is 0 Å². The van der Waals surface area contributed by atoms with E-state index < -0.39 is 0 Å². The van der Waals surface area contributed by atoms with Gasteiger partial charge >= 0.3 is 0 Å². The molecule has 2 N–H and O–H groups in total. The maximum absolute atomic E-state index is 12.2. The number of carbonyl (C=O) groups excluding carboxylic acids is 1. The third kappa shape index (κ3) is 3.43. The molecule has 0 aliphatic carbocycles. The van der Waals surface area contributed by atoms with Gasteiger partial charge in [-0.05, 0) is 25.8 Å². The molecule has 0 aromatic carbocycles. The second-order valence-electron chi connectivity index (χ2n) is 5.12. The van der Waals surface area contributed by atoms with E-state index in [-0.39, 0.29) is 11.9 Å². The Hall–Kier alpha value is -0.650. The largest absolute Gasteiger partial charge is 0.378 e. The lowest BCUT2D eigenvalue weighted by Gasteiger charge is -2.41. The van der Waals surface area contributed by atoms with Gasteiger partial charge in [0.05, 0.1) is 13.2 Å². The molecule has 104 valence electrons. The summed E-state index contributed by atoms with van der Waals surface area (Å²) in [5.41, 5.74) is 0. The molecule has 2 unspecified atom stereocenters.